The second kappa shape index (κ2) is 8.94. The van der Waals surface area contributed by atoms with E-state index in [-0.39, 0.29) is 23.0 Å². The number of hydrogen-bond donors (Lipinski definition) is 1. The predicted octanol–water partition coefficient (Wildman–Crippen LogP) is 2.42. The van der Waals surface area contributed by atoms with Crippen LogP contribution in [0.4, 0.5) is 0 Å². The lowest BCUT2D eigenvalue weighted by atomic mass is 10.2. The molecular weight excluding hydrogens is 392 g/mol. The highest BCUT2D eigenvalue weighted by molar-refractivity contribution is 7.89. The summed E-state index contributed by atoms with van der Waals surface area (Å²) in [6.45, 7) is 4.61. The van der Waals surface area contributed by atoms with Crippen LogP contribution in [0, 0.1) is 0 Å². The van der Waals surface area contributed by atoms with E-state index in [9.17, 15) is 13.2 Å². The molecule has 0 aromatic heterocycles. The molecule has 1 aliphatic rings. The fourth-order valence-electron chi connectivity index (χ4n) is 3.30. The van der Waals surface area contributed by atoms with E-state index in [4.69, 9.17) is 9.47 Å². The topological polar surface area (TPSA) is 84.9 Å². The van der Waals surface area contributed by atoms with Crippen molar-refractivity contribution in [3.63, 3.8) is 0 Å². The van der Waals surface area contributed by atoms with Crippen molar-refractivity contribution >= 4 is 15.9 Å². The fraction of sp³-hybridized carbons (Fsp3) is 0.381. The number of sulfonamides is 1. The molecule has 1 saturated heterocycles. The Morgan fingerprint density at radius 1 is 1.14 bits per heavy atom. The van der Waals surface area contributed by atoms with Crippen LogP contribution >= 0.6 is 0 Å². The summed E-state index contributed by atoms with van der Waals surface area (Å²) >= 11 is 0. The van der Waals surface area contributed by atoms with Crippen LogP contribution in [0.3, 0.4) is 0 Å². The normalized spacial score (nSPS) is 20.2. The molecule has 0 radical (unpaired) electrons. The van der Waals surface area contributed by atoms with Crippen LogP contribution in [0.5, 0.6) is 5.75 Å². The first-order valence-corrected chi connectivity index (χ1v) is 10.9. The molecule has 7 nitrogen and oxygen atoms in total. The maximum Gasteiger partial charge on any atom is 0.251 e. The summed E-state index contributed by atoms with van der Waals surface area (Å²) in [6.07, 6.45) is -0.353. The molecule has 1 amide bonds. The molecule has 156 valence electrons. The van der Waals surface area contributed by atoms with Gasteiger partial charge in [-0.3, -0.25) is 4.79 Å². The van der Waals surface area contributed by atoms with Crippen molar-refractivity contribution in [1.82, 2.24) is 9.62 Å². The molecule has 2 unspecified atom stereocenters. The van der Waals surface area contributed by atoms with Crippen molar-refractivity contribution in [3.8, 4) is 5.75 Å². The Balaban J connectivity index is 1.71. The number of hydrogen-bond acceptors (Lipinski definition) is 5. The van der Waals surface area contributed by atoms with Crippen molar-refractivity contribution in [2.45, 2.75) is 37.5 Å². The number of ether oxygens (including phenoxy) is 2. The van der Waals surface area contributed by atoms with Crippen molar-refractivity contribution in [2.24, 2.45) is 0 Å². The van der Waals surface area contributed by atoms with E-state index in [1.54, 1.807) is 19.2 Å². The molecule has 0 saturated carbocycles. The highest BCUT2D eigenvalue weighted by Crippen LogP contribution is 2.22. The molecule has 8 heteroatoms. The first kappa shape index (κ1) is 21.3. The maximum absolute atomic E-state index is 13.0. The molecule has 29 heavy (non-hydrogen) atoms. The molecule has 3 rings (SSSR count). The summed E-state index contributed by atoms with van der Waals surface area (Å²) in [6, 6.07) is 13.5. The summed E-state index contributed by atoms with van der Waals surface area (Å²) in [5, 5.41) is 2.82. The molecule has 1 aliphatic heterocycles. The standard InChI is InChI=1S/C21H26N2O5S/c1-15-13-23(14-16(2)28-15)29(25,26)20-6-4-5-18(11-20)21(24)22-12-17-7-9-19(27-3)10-8-17/h4-11,15-16H,12-14H2,1-3H3,(H,22,24). The first-order valence-electron chi connectivity index (χ1n) is 9.46. The summed E-state index contributed by atoms with van der Waals surface area (Å²) in [4.78, 5) is 12.6. The SMILES string of the molecule is COc1ccc(CNC(=O)c2cccc(S(=O)(=O)N3CC(C)OC(C)C3)c2)cc1. The van der Waals surface area contributed by atoms with E-state index in [1.165, 1.54) is 16.4 Å². The van der Waals surface area contributed by atoms with E-state index in [0.29, 0.717) is 25.2 Å². The van der Waals surface area contributed by atoms with Crippen LogP contribution in [-0.4, -0.2) is 51.0 Å². The molecule has 0 spiro atoms. The minimum absolute atomic E-state index is 0.107. The number of nitrogens with zero attached hydrogens (tertiary/aromatic N) is 1. The third-order valence-corrected chi connectivity index (χ3v) is 6.56. The minimum Gasteiger partial charge on any atom is -0.497 e. The number of carbonyl (C=O) groups excluding carboxylic acids is 1. The number of nitrogens with one attached hydrogen (secondary N) is 1. The van der Waals surface area contributed by atoms with Gasteiger partial charge in [0.25, 0.3) is 5.91 Å². The van der Waals surface area contributed by atoms with Gasteiger partial charge in [-0.25, -0.2) is 8.42 Å². The van der Waals surface area contributed by atoms with Crippen LogP contribution in [0.25, 0.3) is 0 Å². The van der Waals surface area contributed by atoms with E-state index < -0.39 is 10.0 Å². The second-order valence-corrected chi connectivity index (χ2v) is 9.08. The molecule has 2 aromatic carbocycles. The van der Waals surface area contributed by atoms with E-state index >= 15 is 0 Å². The van der Waals surface area contributed by atoms with Gasteiger partial charge in [0.15, 0.2) is 0 Å². The van der Waals surface area contributed by atoms with Gasteiger partial charge in [-0.05, 0) is 49.7 Å². The fourth-order valence-corrected chi connectivity index (χ4v) is 4.94. The number of amides is 1. The minimum atomic E-state index is -3.70. The third kappa shape index (κ3) is 5.14. The van der Waals surface area contributed by atoms with E-state index in [2.05, 4.69) is 5.32 Å². The molecule has 1 heterocycles. The van der Waals surface area contributed by atoms with Crippen molar-refractivity contribution in [1.29, 1.82) is 0 Å². The Kier molecular flexibility index (Phi) is 6.56. The Morgan fingerprint density at radius 3 is 2.41 bits per heavy atom. The summed E-state index contributed by atoms with van der Waals surface area (Å²) in [5.74, 6) is 0.409. The molecule has 2 atom stereocenters. The first-order chi connectivity index (χ1) is 13.8. The van der Waals surface area contributed by atoms with E-state index in [1.807, 2.05) is 38.1 Å². The van der Waals surface area contributed by atoms with Crippen LogP contribution in [-0.2, 0) is 21.3 Å². The van der Waals surface area contributed by atoms with Gasteiger partial charge in [-0.2, -0.15) is 4.31 Å². The monoisotopic (exact) mass is 418 g/mol. The molecule has 1 fully saturated rings. The van der Waals surface area contributed by atoms with Crippen molar-refractivity contribution in [3.05, 3.63) is 59.7 Å². The van der Waals surface area contributed by atoms with Crippen molar-refractivity contribution < 1.29 is 22.7 Å². The van der Waals surface area contributed by atoms with Crippen LogP contribution in [0.2, 0.25) is 0 Å². The number of benzene rings is 2. The Morgan fingerprint density at radius 2 is 1.79 bits per heavy atom. The lowest BCUT2D eigenvalue weighted by Gasteiger charge is -2.34. The van der Waals surface area contributed by atoms with Gasteiger partial charge in [-0.15, -0.1) is 0 Å². The van der Waals surface area contributed by atoms with Crippen LogP contribution < -0.4 is 10.1 Å². The number of methoxy groups -OCH3 is 1. The zero-order valence-electron chi connectivity index (χ0n) is 16.8. The second-order valence-electron chi connectivity index (χ2n) is 7.14. The molecule has 2 aromatic rings. The van der Waals surface area contributed by atoms with Gasteiger partial charge in [-0.1, -0.05) is 18.2 Å². The number of rotatable bonds is 6. The third-order valence-electron chi connectivity index (χ3n) is 4.73. The van der Waals surface area contributed by atoms with Gasteiger partial charge < -0.3 is 14.8 Å². The predicted molar refractivity (Wildman–Crippen MR) is 109 cm³/mol. The smallest absolute Gasteiger partial charge is 0.251 e. The van der Waals surface area contributed by atoms with Gasteiger partial charge >= 0.3 is 0 Å². The summed E-state index contributed by atoms with van der Waals surface area (Å²) in [7, 11) is -2.11. The van der Waals surface area contributed by atoms with Gasteiger partial charge in [0.2, 0.25) is 10.0 Å². The average Bonchev–Trinajstić information content (AvgIpc) is 2.71. The quantitative estimate of drug-likeness (QED) is 0.779. The number of morpholine rings is 1. The average molecular weight is 419 g/mol. The van der Waals surface area contributed by atoms with Crippen molar-refractivity contribution in [2.75, 3.05) is 20.2 Å². The Bertz CT molecular complexity index is 949. The lowest BCUT2D eigenvalue weighted by molar-refractivity contribution is -0.0440. The van der Waals surface area contributed by atoms with E-state index in [0.717, 1.165) is 11.3 Å². The van der Waals surface area contributed by atoms with Gasteiger partial charge in [0.1, 0.15) is 5.75 Å². The molecule has 0 aliphatic carbocycles. The Labute approximate surface area is 171 Å². The van der Waals surface area contributed by atoms with Gasteiger partial charge in [0, 0.05) is 25.2 Å². The van der Waals surface area contributed by atoms with Gasteiger partial charge in [0.05, 0.1) is 24.2 Å². The highest BCUT2D eigenvalue weighted by atomic mass is 32.2. The van der Waals surface area contributed by atoms with Crippen LogP contribution in [0.1, 0.15) is 29.8 Å². The highest BCUT2D eigenvalue weighted by Gasteiger charge is 2.32. The maximum atomic E-state index is 13.0. The Hall–Kier alpha value is -2.42. The molecule has 0 bridgehead atoms. The van der Waals surface area contributed by atoms with Crippen LogP contribution in [0.15, 0.2) is 53.4 Å². The molecular formula is C21H26N2O5S. The zero-order valence-corrected chi connectivity index (χ0v) is 17.6. The molecule has 1 N–H and O–H groups in total. The zero-order chi connectivity index (χ0) is 21.0. The summed E-state index contributed by atoms with van der Waals surface area (Å²) < 4.78 is 38.2. The lowest BCUT2D eigenvalue weighted by Crippen LogP contribution is -2.48. The largest absolute Gasteiger partial charge is 0.497 e. The summed E-state index contributed by atoms with van der Waals surface area (Å²) in [5.41, 5.74) is 1.22. The number of carbonyl (C=O) groups is 1.